The molecule has 0 radical (unpaired) electrons. The summed E-state index contributed by atoms with van der Waals surface area (Å²) in [7, 11) is 1.21. The largest absolute Gasteiger partial charge is 0.462 e. The molecule has 0 aliphatic rings. The maximum atomic E-state index is 13.1. The number of ether oxygens (including phenoxy) is 1. The monoisotopic (exact) mass is 314 g/mol. The van der Waals surface area contributed by atoms with Crippen molar-refractivity contribution in [2.24, 2.45) is 0 Å². The number of methoxy groups -OCH3 is 1. The fourth-order valence-electron chi connectivity index (χ4n) is 1.48. The number of aryl methyl sites for hydroxylation is 1. The van der Waals surface area contributed by atoms with E-state index in [0.717, 1.165) is 0 Å². The van der Waals surface area contributed by atoms with Gasteiger partial charge in [-0.15, -0.1) is 0 Å². The maximum absolute atomic E-state index is 13.1. The van der Waals surface area contributed by atoms with Crippen LogP contribution in [0.1, 0.15) is 16.2 Å². The number of halogens is 2. The molecule has 0 aliphatic carbocycles. The van der Waals surface area contributed by atoms with Gasteiger partial charge >= 0.3 is 11.9 Å². The first kappa shape index (κ1) is 12.7. The molecule has 18 heavy (non-hydrogen) atoms. The first-order valence-corrected chi connectivity index (χ1v) is 5.70. The van der Waals surface area contributed by atoms with E-state index in [1.54, 1.807) is 6.92 Å². The molecule has 0 fully saturated rings. The van der Waals surface area contributed by atoms with E-state index >= 15 is 0 Å². The SMILES string of the molecule is COC(=O)c1nc(-c2c(C)cc(F)cc2Br)no1. The van der Waals surface area contributed by atoms with Crippen LogP contribution >= 0.6 is 15.9 Å². The van der Waals surface area contributed by atoms with Gasteiger partial charge in [0.25, 0.3) is 0 Å². The third-order valence-electron chi connectivity index (χ3n) is 2.26. The van der Waals surface area contributed by atoms with Crippen LogP contribution in [0, 0.1) is 12.7 Å². The van der Waals surface area contributed by atoms with E-state index in [1.165, 1.54) is 19.2 Å². The van der Waals surface area contributed by atoms with Gasteiger partial charge in [0.05, 0.1) is 7.11 Å². The molecule has 2 rings (SSSR count). The highest BCUT2D eigenvalue weighted by atomic mass is 79.9. The summed E-state index contributed by atoms with van der Waals surface area (Å²) in [5, 5.41) is 3.67. The molecule has 0 spiro atoms. The van der Waals surface area contributed by atoms with Crippen molar-refractivity contribution in [3.05, 3.63) is 33.9 Å². The lowest BCUT2D eigenvalue weighted by molar-refractivity contribution is 0.0545. The Balaban J connectivity index is 2.49. The Labute approximate surface area is 110 Å². The van der Waals surface area contributed by atoms with Gasteiger partial charge in [-0.05, 0) is 40.5 Å². The van der Waals surface area contributed by atoms with Crippen LogP contribution in [0.15, 0.2) is 21.1 Å². The van der Waals surface area contributed by atoms with Gasteiger partial charge in [0.15, 0.2) is 0 Å². The van der Waals surface area contributed by atoms with E-state index in [4.69, 9.17) is 4.52 Å². The number of benzene rings is 1. The van der Waals surface area contributed by atoms with Crippen molar-refractivity contribution in [1.82, 2.24) is 10.1 Å². The predicted octanol–water partition coefficient (Wildman–Crippen LogP) is 2.73. The molecule has 94 valence electrons. The fraction of sp³-hybridized carbons (Fsp3) is 0.182. The Bertz CT molecular complexity index is 589. The Morgan fingerprint density at radius 2 is 2.22 bits per heavy atom. The highest BCUT2D eigenvalue weighted by molar-refractivity contribution is 9.10. The standard InChI is InChI=1S/C11H8BrFN2O3/c1-5-3-6(13)4-7(12)8(5)9-14-10(18-15-9)11(16)17-2/h3-4H,1-2H3. The molecule has 1 aromatic heterocycles. The van der Waals surface area contributed by atoms with Gasteiger partial charge in [0.2, 0.25) is 5.82 Å². The van der Waals surface area contributed by atoms with Crippen molar-refractivity contribution < 1.29 is 18.4 Å². The van der Waals surface area contributed by atoms with Crippen LogP contribution in [-0.2, 0) is 4.74 Å². The number of aromatic nitrogens is 2. The second-order valence-electron chi connectivity index (χ2n) is 3.49. The number of hydrogen-bond donors (Lipinski definition) is 0. The number of nitrogens with zero attached hydrogens (tertiary/aromatic N) is 2. The summed E-state index contributed by atoms with van der Waals surface area (Å²) < 4.78 is 22.8. The van der Waals surface area contributed by atoms with E-state index in [9.17, 15) is 9.18 Å². The van der Waals surface area contributed by atoms with Crippen molar-refractivity contribution in [1.29, 1.82) is 0 Å². The Morgan fingerprint density at radius 1 is 1.50 bits per heavy atom. The van der Waals surface area contributed by atoms with Gasteiger partial charge in [-0.3, -0.25) is 0 Å². The number of carbonyl (C=O) groups is 1. The summed E-state index contributed by atoms with van der Waals surface area (Å²) in [6, 6.07) is 2.63. The third-order valence-corrected chi connectivity index (χ3v) is 2.89. The van der Waals surface area contributed by atoms with Crippen LogP contribution in [0.3, 0.4) is 0 Å². The fourth-order valence-corrected chi connectivity index (χ4v) is 2.19. The van der Waals surface area contributed by atoms with Crippen molar-refractivity contribution in [3.8, 4) is 11.4 Å². The van der Waals surface area contributed by atoms with E-state index < -0.39 is 5.97 Å². The lowest BCUT2D eigenvalue weighted by atomic mass is 10.1. The van der Waals surface area contributed by atoms with Crippen LogP contribution in [0.4, 0.5) is 4.39 Å². The molecule has 0 aliphatic heterocycles. The van der Waals surface area contributed by atoms with Gasteiger partial charge < -0.3 is 9.26 Å². The van der Waals surface area contributed by atoms with Crippen molar-refractivity contribution in [2.75, 3.05) is 7.11 Å². The Morgan fingerprint density at radius 3 is 2.83 bits per heavy atom. The Kier molecular flexibility index (Phi) is 3.42. The molecule has 1 heterocycles. The van der Waals surface area contributed by atoms with Gasteiger partial charge in [0.1, 0.15) is 5.82 Å². The second kappa shape index (κ2) is 4.85. The quantitative estimate of drug-likeness (QED) is 0.797. The molecular weight excluding hydrogens is 307 g/mol. The van der Waals surface area contributed by atoms with Crippen molar-refractivity contribution in [3.63, 3.8) is 0 Å². The van der Waals surface area contributed by atoms with Crippen molar-refractivity contribution in [2.45, 2.75) is 6.92 Å². The van der Waals surface area contributed by atoms with Crippen LogP contribution in [0.25, 0.3) is 11.4 Å². The average Bonchev–Trinajstić information content (AvgIpc) is 2.76. The molecular formula is C11H8BrFN2O3. The lowest BCUT2D eigenvalue weighted by Gasteiger charge is -2.03. The molecule has 0 bridgehead atoms. The van der Waals surface area contributed by atoms with E-state index in [1.807, 2.05) is 0 Å². The lowest BCUT2D eigenvalue weighted by Crippen LogP contribution is -2.01. The molecule has 0 amide bonds. The van der Waals surface area contributed by atoms with Crippen LogP contribution in [0.5, 0.6) is 0 Å². The smallest absolute Gasteiger partial charge is 0.397 e. The Hall–Kier alpha value is -1.76. The highest BCUT2D eigenvalue weighted by Crippen LogP contribution is 2.30. The molecule has 0 saturated heterocycles. The summed E-state index contributed by atoms with van der Waals surface area (Å²) in [4.78, 5) is 15.1. The number of esters is 1. The molecule has 5 nitrogen and oxygen atoms in total. The van der Waals surface area contributed by atoms with Crippen LogP contribution in [-0.4, -0.2) is 23.2 Å². The van der Waals surface area contributed by atoms with Gasteiger partial charge in [-0.2, -0.15) is 4.98 Å². The normalized spacial score (nSPS) is 10.4. The number of rotatable bonds is 2. The topological polar surface area (TPSA) is 65.2 Å². The molecule has 1 aromatic carbocycles. The van der Waals surface area contributed by atoms with E-state index in [0.29, 0.717) is 15.6 Å². The summed E-state index contributed by atoms with van der Waals surface area (Å²) in [5.41, 5.74) is 1.19. The molecule has 2 aromatic rings. The minimum atomic E-state index is -0.718. The second-order valence-corrected chi connectivity index (χ2v) is 4.35. The summed E-state index contributed by atoms with van der Waals surface area (Å²) in [6.45, 7) is 1.71. The summed E-state index contributed by atoms with van der Waals surface area (Å²) in [5.74, 6) is -1.15. The summed E-state index contributed by atoms with van der Waals surface area (Å²) in [6.07, 6.45) is 0. The van der Waals surface area contributed by atoms with Crippen molar-refractivity contribution >= 4 is 21.9 Å². The minimum Gasteiger partial charge on any atom is -0.462 e. The van der Waals surface area contributed by atoms with E-state index in [2.05, 4.69) is 30.8 Å². The third kappa shape index (κ3) is 2.26. The van der Waals surface area contributed by atoms with Gasteiger partial charge in [-0.25, -0.2) is 9.18 Å². The van der Waals surface area contributed by atoms with Gasteiger partial charge in [-0.1, -0.05) is 5.16 Å². The predicted molar refractivity (Wildman–Crippen MR) is 63.5 cm³/mol. The first-order chi connectivity index (χ1) is 8.52. The molecule has 0 unspecified atom stereocenters. The molecule has 0 saturated carbocycles. The summed E-state index contributed by atoms with van der Waals surface area (Å²) >= 11 is 3.22. The van der Waals surface area contributed by atoms with Crippen LogP contribution < -0.4 is 0 Å². The first-order valence-electron chi connectivity index (χ1n) is 4.91. The zero-order valence-corrected chi connectivity index (χ0v) is 11.1. The number of carbonyl (C=O) groups excluding carboxylic acids is 1. The molecule has 7 heteroatoms. The zero-order chi connectivity index (χ0) is 13.3. The van der Waals surface area contributed by atoms with Crippen LogP contribution in [0.2, 0.25) is 0 Å². The maximum Gasteiger partial charge on any atom is 0.397 e. The highest BCUT2D eigenvalue weighted by Gasteiger charge is 2.19. The molecule has 0 atom stereocenters. The zero-order valence-electron chi connectivity index (χ0n) is 9.53. The minimum absolute atomic E-state index is 0.194. The van der Waals surface area contributed by atoms with Gasteiger partial charge in [0, 0.05) is 10.0 Å². The van der Waals surface area contributed by atoms with E-state index in [-0.39, 0.29) is 17.5 Å². The average molecular weight is 315 g/mol. The molecule has 0 N–H and O–H groups in total. The number of hydrogen-bond acceptors (Lipinski definition) is 5.